The molecule has 0 heterocycles. The minimum absolute atomic E-state index is 0. The molecular formula is C28H41ClN2O2. The quantitative estimate of drug-likeness (QED) is 0.267. The number of carbonyl (C=O) groups excluding carboxylic acids is 2. The number of nitrogens with zero attached hydrogens (tertiary/aromatic N) is 2. The minimum Gasteiger partial charge on any atom is -0.298 e. The van der Waals surface area contributed by atoms with E-state index in [1.165, 1.54) is 11.1 Å². The number of unbranched alkanes of at least 4 members (excludes halogenated alkanes) is 5. The highest BCUT2D eigenvalue weighted by atomic mass is 35.5. The van der Waals surface area contributed by atoms with E-state index in [-0.39, 0.29) is 12.4 Å². The second kappa shape index (κ2) is 17.5. The van der Waals surface area contributed by atoms with E-state index >= 15 is 0 Å². The van der Waals surface area contributed by atoms with Crippen LogP contribution in [-0.4, -0.2) is 48.6 Å². The molecule has 5 heteroatoms. The number of Topliss-reactive ketones (excluding diaryl/α,β-unsaturated/α-hetero) is 2. The fourth-order valence-corrected chi connectivity index (χ4v) is 4.01. The summed E-state index contributed by atoms with van der Waals surface area (Å²) in [7, 11) is 4.01. The second-order valence-corrected chi connectivity index (χ2v) is 9.01. The summed E-state index contributed by atoms with van der Waals surface area (Å²) in [5.74, 6) is 0.655. The molecule has 0 fully saturated rings. The molecule has 4 nitrogen and oxygen atoms in total. The van der Waals surface area contributed by atoms with E-state index in [2.05, 4.69) is 34.1 Å². The Labute approximate surface area is 206 Å². The predicted molar refractivity (Wildman–Crippen MR) is 140 cm³/mol. The van der Waals surface area contributed by atoms with Crippen LogP contribution in [0.2, 0.25) is 0 Å². The van der Waals surface area contributed by atoms with Crippen LogP contribution in [0.1, 0.15) is 62.5 Å². The molecule has 0 N–H and O–H groups in total. The zero-order valence-corrected chi connectivity index (χ0v) is 21.2. The average Bonchev–Trinajstić information content (AvgIpc) is 2.76. The predicted octanol–water partition coefficient (Wildman–Crippen LogP) is 5.93. The van der Waals surface area contributed by atoms with Gasteiger partial charge in [-0.1, -0.05) is 86.3 Å². The molecule has 2 rings (SSSR count). The molecule has 0 amide bonds. The van der Waals surface area contributed by atoms with Crippen molar-refractivity contribution in [1.29, 1.82) is 0 Å². The van der Waals surface area contributed by atoms with Crippen LogP contribution in [-0.2, 0) is 22.7 Å². The Balaban J connectivity index is 0.00000544. The van der Waals surface area contributed by atoms with Crippen LogP contribution >= 0.6 is 12.4 Å². The van der Waals surface area contributed by atoms with Crippen LogP contribution in [0.5, 0.6) is 0 Å². The molecule has 0 bridgehead atoms. The molecule has 0 aliphatic carbocycles. The summed E-state index contributed by atoms with van der Waals surface area (Å²) in [6.45, 7) is 2.67. The fourth-order valence-electron chi connectivity index (χ4n) is 4.01. The number of benzene rings is 2. The smallest absolute Gasteiger partial charge is 0.146 e. The molecule has 0 radical (unpaired) electrons. The molecule has 0 saturated carbocycles. The summed E-state index contributed by atoms with van der Waals surface area (Å²) in [5.41, 5.74) is 2.48. The molecule has 0 atom stereocenters. The summed E-state index contributed by atoms with van der Waals surface area (Å²) in [4.78, 5) is 28.5. The number of halogens is 1. The zero-order chi connectivity index (χ0) is 23.0. The van der Waals surface area contributed by atoms with Gasteiger partial charge < -0.3 is 0 Å². The van der Waals surface area contributed by atoms with Crippen molar-refractivity contribution in [2.75, 3.05) is 27.2 Å². The van der Waals surface area contributed by atoms with Gasteiger partial charge in [0.05, 0.1) is 13.1 Å². The molecule has 0 aromatic heterocycles. The molecule has 182 valence electrons. The van der Waals surface area contributed by atoms with Crippen molar-refractivity contribution in [3.63, 3.8) is 0 Å². The van der Waals surface area contributed by atoms with Gasteiger partial charge in [0.2, 0.25) is 0 Å². The summed E-state index contributed by atoms with van der Waals surface area (Å²) in [5, 5.41) is 0. The highest BCUT2D eigenvalue weighted by Gasteiger charge is 2.08. The Hall–Kier alpha value is -2.01. The molecule has 0 unspecified atom stereocenters. The summed E-state index contributed by atoms with van der Waals surface area (Å²) >= 11 is 0. The Kier molecular flexibility index (Phi) is 15.4. The van der Waals surface area contributed by atoms with Gasteiger partial charge in [-0.15, -0.1) is 12.4 Å². The summed E-state index contributed by atoms with van der Waals surface area (Å²) in [6.07, 6.45) is 7.79. The molecule has 0 aliphatic heterocycles. The molecule has 0 saturated heterocycles. The number of ketones is 2. The number of carbonyl (C=O) groups is 2. The normalized spacial score (nSPS) is 10.9. The lowest BCUT2D eigenvalue weighted by atomic mass is 10.1. The van der Waals surface area contributed by atoms with E-state index in [0.29, 0.717) is 37.5 Å². The third kappa shape index (κ3) is 14.0. The third-order valence-electron chi connectivity index (χ3n) is 5.64. The first-order chi connectivity index (χ1) is 15.5. The van der Waals surface area contributed by atoms with Crippen LogP contribution in [0.3, 0.4) is 0 Å². The molecule has 0 aliphatic rings. The maximum Gasteiger partial charge on any atom is 0.146 e. The number of likely N-dealkylation sites (N-methyl/N-ethyl adjacent to an activating group) is 2. The first kappa shape index (κ1) is 29.0. The van der Waals surface area contributed by atoms with E-state index in [1.54, 1.807) is 0 Å². The van der Waals surface area contributed by atoms with Crippen LogP contribution in [0.15, 0.2) is 60.7 Å². The first-order valence-corrected chi connectivity index (χ1v) is 12.0. The monoisotopic (exact) mass is 472 g/mol. The van der Waals surface area contributed by atoms with Gasteiger partial charge in [-0.2, -0.15) is 0 Å². The Bertz CT molecular complexity index is 715. The van der Waals surface area contributed by atoms with Gasteiger partial charge in [-0.25, -0.2) is 0 Å². The van der Waals surface area contributed by atoms with Crippen molar-refractivity contribution in [2.45, 2.75) is 64.5 Å². The minimum atomic E-state index is 0. The van der Waals surface area contributed by atoms with Crippen LogP contribution in [0.4, 0.5) is 0 Å². The van der Waals surface area contributed by atoms with Crippen molar-refractivity contribution >= 4 is 24.0 Å². The van der Waals surface area contributed by atoms with E-state index in [4.69, 9.17) is 0 Å². The Morgan fingerprint density at radius 1 is 0.576 bits per heavy atom. The fraction of sp³-hybridized carbons (Fsp3) is 0.500. The maximum atomic E-state index is 12.2. The maximum absolute atomic E-state index is 12.2. The van der Waals surface area contributed by atoms with E-state index in [0.717, 1.165) is 51.6 Å². The van der Waals surface area contributed by atoms with Crippen molar-refractivity contribution in [2.24, 2.45) is 0 Å². The van der Waals surface area contributed by atoms with Gasteiger partial charge in [-0.05, 0) is 38.1 Å². The van der Waals surface area contributed by atoms with Crippen molar-refractivity contribution in [1.82, 2.24) is 9.80 Å². The van der Waals surface area contributed by atoms with E-state index in [9.17, 15) is 9.59 Å². The largest absolute Gasteiger partial charge is 0.298 e. The molecule has 0 spiro atoms. The molecule has 2 aromatic rings. The average molecular weight is 473 g/mol. The van der Waals surface area contributed by atoms with Gasteiger partial charge in [-0.3, -0.25) is 19.4 Å². The van der Waals surface area contributed by atoms with Crippen LogP contribution in [0, 0.1) is 0 Å². The Morgan fingerprint density at radius 3 is 1.27 bits per heavy atom. The lowest BCUT2D eigenvalue weighted by Gasteiger charge is -2.16. The summed E-state index contributed by atoms with van der Waals surface area (Å²) in [6, 6.07) is 20.5. The van der Waals surface area contributed by atoms with Crippen LogP contribution in [0.25, 0.3) is 0 Å². The lowest BCUT2D eigenvalue weighted by molar-refractivity contribution is -0.121. The van der Waals surface area contributed by atoms with Gasteiger partial charge in [0.25, 0.3) is 0 Å². The number of hydrogen-bond acceptors (Lipinski definition) is 4. The topological polar surface area (TPSA) is 40.6 Å². The van der Waals surface area contributed by atoms with Gasteiger partial charge >= 0.3 is 0 Å². The highest BCUT2D eigenvalue weighted by Crippen LogP contribution is 2.11. The zero-order valence-electron chi connectivity index (χ0n) is 20.4. The van der Waals surface area contributed by atoms with Crippen molar-refractivity contribution in [3.05, 3.63) is 71.8 Å². The lowest BCUT2D eigenvalue weighted by Crippen LogP contribution is -2.25. The summed E-state index contributed by atoms with van der Waals surface area (Å²) < 4.78 is 0. The van der Waals surface area contributed by atoms with Crippen molar-refractivity contribution in [3.8, 4) is 0 Å². The van der Waals surface area contributed by atoms with Crippen LogP contribution < -0.4 is 0 Å². The Morgan fingerprint density at radius 2 is 0.909 bits per heavy atom. The standard InChI is InChI=1S/C28H40N2O2.ClH/c1-29(21-25-15-9-7-10-16-25)23-27(31)19-13-5-3-4-6-14-20-28(32)24-30(2)22-26-17-11-8-12-18-26;/h7-12,15-18H,3-6,13-14,19-24H2,1-2H3;1H. The molecule has 33 heavy (non-hydrogen) atoms. The number of rotatable bonds is 17. The molecule has 2 aromatic carbocycles. The highest BCUT2D eigenvalue weighted by molar-refractivity contribution is 5.85. The molecular weight excluding hydrogens is 432 g/mol. The second-order valence-electron chi connectivity index (χ2n) is 9.01. The number of hydrogen-bond donors (Lipinski definition) is 0. The van der Waals surface area contributed by atoms with Gasteiger partial charge in [0.15, 0.2) is 0 Å². The van der Waals surface area contributed by atoms with Gasteiger partial charge in [0, 0.05) is 25.9 Å². The van der Waals surface area contributed by atoms with E-state index < -0.39 is 0 Å². The van der Waals surface area contributed by atoms with Gasteiger partial charge in [0.1, 0.15) is 11.6 Å². The SMILES string of the molecule is CN(CC(=O)CCCCCCCCC(=O)CN(C)Cc1ccccc1)Cc1ccccc1.Cl. The van der Waals surface area contributed by atoms with E-state index in [1.807, 2.05) is 50.5 Å². The third-order valence-corrected chi connectivity index (χ3v) is 5.64. The first-order valence-electron chi connectivity index (χ1n) is 12.0. The van der Waals surface area contributed by atoms with Crippen molar-refractivity contribution < 1.29 is 9.59 Å².